The van der Waals surface area contributed by atoms with Crippen LogP contribution in [0.5, 0.6) is 0 Å². The van der Waals surface area contributed by atoms with Gasteiger partial charge in [-0.15, -0.1) is 0 Å². The summed E-state index contributed by atoms with van der Waals surface area (Å²) in [6, 6.07) is 0.700. The average molecular weight is 254 g/mol. The SMILES string of the molecule is CCNC(CN1CCC(OC)C1)C1CCCCC1. The maximum absolute atomic E-state index is 5.47. The van der Waals surface area contributed by atoms with Gasteiger partial charge < -0.3 is 10.1 Å². The van der Waals surface area contributed by atoms with Crippen LogP contribution in [-0.2, 0) is 4.74 Å². The first-order valence-electron chi connectivity index (χ1n) is 7.82. The van der Waals surface area contributed by atoms with Crippen molar-refractivity contribution in [3.05, 3.63) is 0 Å². The van der Waals surface area contributed by atoms with Crippen molar-refractivity contribution in [1.82, 2.24) is 10.2 Å². The lowest BCUT2D eigenvalue weighted by Gasteiger charge is -2.33. The predicted octanol–water partition coefficient (Wildman–Crippen LogP) is 2.27. The summed E-state index contributed by atoms with van der Waals surface area (Å²) in [6.45, 7) is 6.90. The van der Waals surface area contributed by atoms with Crippen molar-refractivity contribution >= 4 is 0 Å². The van der Waals surface area contributed by atoms with E-state index in [-0.39, 0.29) is 0 Å². The predicted molar refractivity (Wildman–Crippen MR) is 75.9 cm³/mol. The Hall–Kier alpha value is -0.120. The van der Waals surface area contributed by atoms with Crippen molar-refractivity contribution < 1.29 is 4.74 Å². The smallest absolute Gasteiger partial charge is 0.0710 e. The summed E-state index contributed by atoms with van der Waals surface area (Å²) in [5, 5.41) is 3.73. The molecule has 2 fully saturated rings. The van der Waals surface area contributed by atoms with Crippen LogP contribution < -0.4 is 5.32 Å². The molecule has 2 atom stereocenters. The second-order valence-corrected chi connectivity index (χ2v) is 5.97. The van der Waals surface area contributed by atoms with Crippen LogP contribution in [0.2, 0.25) is 0 Å². The molecule has 0 amide bonds. The molecule has 1 heterocycles. The largest absolute Gasteiger partial charge is 0.380 e. The Morgan fingerprint density at radius 3 is 2.61 bits per heavy atom. The van der Waals surface area contributed by atoms with Gasteiger partial charge >= 0.3 is 0 Å². The Morgan fingerprint density at radius 1 is 1.22 bits per heavy atom. The molecule has 2 unspecified atom stereocenters. The number of ether oxygens (including phenoxy) is 1. The number of hydrogen-bond acceptors (Lipinski definition) is 3. The fourth-order valence-electron chi connectivity index (χ4n) is 3.61. The van der Waals surface area contributed by atoms with Crippen molar-refractivity contribution in [2.75, 3.05) is 33.3 Å². The van der Waals surface area contributed by atoms with Gasteiger partial charge in [-0.25, -0.2) is 0 Å². The molecule has 3 heteroatoms. The molecular weight excluding hydrogens is 224 g/mol. The number of hydrogen-bond donors (Lipinski definition) is 1. The first kappa shape index (κ1) is 14.3. The monoisotopic (exact) mass is 254 g/mol. The van der Waals surface area contributed by atoms with Crippen LogP contribution in [0.4, 0.5) is 0 Å². The van der Waals surface area contributed by atoms with Crippen LogP contribution in [0.25, 0.3) is 0 Å². The third kappa shape index (κ3) is 3.94. The lowest BCUT2D eigenvalue weighted by molar-refractivity contribution is 0.104. The van der Waals surface area contributed by atoms with Gasteiger partial charge in [0.25, 0.3) is 0 Å². The molecule has 1 saturated carbocycles. The molecule has 1 saturated heterocycles. The van der Waals surface area contributed by atoms with Crippen molar-refractivity contribution in [1.29, 1.82) is 0 Å². The van der Waals surface area contributed by atoms with E-state index in [1.807, 2.05) is 7.11 Å². The quantitative estimate of drug-likeness (QED) is 0.787. The van der Waals surface area contributed by atoms with E-state index in [2.05, 4.69) is 17.1 Å². The first-order chi connectivity index (χ1) is 8.83. The Labute approximate surface area is 112 Å². The Morgan fingerprint density at radius 2 is 2.00 bits per heavy atom. The van der Waals surface area contributed by atoms with Crippen LogP contribution in [0.1, 0.15) is 45.4 Å². The number of methoxy groups -OCH3 is 1. The highest BCUT2D eigenvalue weighted by molar-refractivity contribution is 4.85. The molecule has 0 aromatic carbocycles. The van der Waals surface area contributed by atoms with Gasteiger partial charge in [0, 0.05) is 32.8 Å². The van der Waals surface area contributed by atoms with E-state index in [4.69, 9.17) is 4.74 Å². The molecule has 106 valence electrons. The molecule has 0 aromatic heterocycles. The molecule has 0 radical (unpaired) electrons. The van der Waals surface area contributed by atoms with Crippen molar-refractivity contribution in [2.24, 2.45) is 5.92 Å². The van der Waals surface area contributed by atoms with E-state index in [0.29, 0.717) is 12.1 Å². The van der Waals surface area contributed by atoms with E-state index in [1.165, 1.54) is 51.6 Å². The molecule has 1 aliphatic heterocycles. The molecule has 1 N–H and O–H groups in total. The van der Waals surface area contributed by atoms with Crippen LogP contribution in [-0.4, -0.2) is 50.3 Å². The average Bonchev–Trinajstić information content (AvgIpc) is 2.87. The van der Waals surface area contributed by atoms with Crippen LogP contribution in [0.3, 0.4) is 0 Å². The van der Waals surface area contributed by atoms with Crippen molar-refractivity contribution in [3.8, 4) is 0 Å². The van der Waals surface area contributed by atoms with Gasteiger partial charge in [-0.05, 0) is 31.7 Å². The zero-order valence-electron chi connectivity index (χ0n) is 12.2. The first-order valence-corrected chi connectivity index (χ1v) is 7.82. The molecule has 0 bridgehead atoms. The minimum Gasteiger partial charge on any atom is -0.380 e. The summed E-state index contributed by atoms with van der Waals surface area (Å²) in [7, 11) is 1.84. The van der Waals surface area contributed by atoms with Gasteiger partial charge in [0.15, 0.2) is 0 Å². The lowest BCUT2D eigenvalue weighted by atomic mass is 9.83. The van der Waals surface area contributed by atoms with Crippen LogP contribution in [0, 0.1) is 5.92 Å². The van der Waals surface area contributed by atoms with Gasteiger partial charge in [0.2, 0.25) is 0 Å². The van der Waals surface area contributed by atoms with Gasteiger partial charge in [0.05, 0.1) is 6.10 Å². The molecule has 2 rings (SSSR count). The number of nitrogens with zero attached hydrogens (tertiary/aromatic N) is 1. The van der Waals surface area contributed by atoms with Gasteiger partial charge in [-0.2, -0.15) is 0 Å². The normalized spacial score (nSPS) is 28.7. The third-order valence-electron chi connectivity index (χ3n) is 4.70. The van der Waals surface area contributed by atoms with Gasteiger partial charge in [-0.1, -0.05) is 26.2 Å². The molecule has 1 aliphatic carbocycles. The maximum Gasteiger partial charge on any atom is 0.0710 e. The van der Waals surface area contributed by atoms with Gasteiger partial charge in [0.1, 0.15) is 0 Å². The summed E-state index contributed by atoms with van der Waals surface area (Å²) in [4.78, 5) is 2.59. The van der Waals surface area contributed by atoms with Crippen LogP contribution in [0.15, 0.2) is 0 Å². The highest BCUT2D eigenvalue weighted by atomic mass is 16.5. The fraction of sp³-hybridized carbons (Fsp3) is 1.00. The van der Waals surface area contributed by atoms with E-state index < -0.39 is 0 Å². The van der Waals surface area contributed by atoms with Crippen LogP contribution >= 0.6 is 0 Å². The Bertz CT molecular complexity index is 229. The highest BCUT2D eigenvalue weighted by Crippen LogP contribution is 2.27. The zero-order valence-corrected chi connectivity index (χ0v) is 12.2. The molecule has 18 heavy (non-hydrogen) atoms. The number of rotatable bonds is 6. The number of nitrogens with one attached hydrogen (secondary N) is 1. The van der Waals surface area contributed by atoms with E-state index in [9.17, 15) is 0 Å². The van der Waals surface area contributed by atoms with E-state index in [0.717, 1.165) is 19.0 Å². The maximum atomic E-state index is 5.47. The summed E-state index contributed by atoms with van der Waals surface area (Å²) in [5.74, 6) is 0.903. The standard InChI is InChI=1S/C15H30N2O/c1-3-16-15(13-7-5-4-6-8-13)12-17-10-9-14(11-17)18-2/h13-16H,3-12H2,1-2H3. The Balaban J connectivity index is 1.81. The topological polar surface area (TPSA) is 24.5 Å². The summed E-state index contributed by atoms with van der Waals surface area (Å²) in [5.41, 5.74) is 0. The van der Waals surface area contributed by atoms with Gasteiger partial charge in [-0.3, -0.25) is 4.90 Å². The second kappa shape index (κ2) is 7.46. The zero-order chi connectivity index (χ0) is 12.8. The number of likely N-dealkylation sites (tertiary alicyclic amines) is 1. The lowest BCUT2D eigenvalue weighted by Crippen LogP contribution is -2.45. The summed E-state index contributed by atoms with van der Waals surface area (Å²) < 4.78 is 5.47. The highest BCUT2D eigenvalue weighted by Gasteiger charge is 2.28. The molecule has 0 spiro atoms. The summed E-state index contributed by atoms with van der Waals surface area (Å²) >= 11 is 0. The number of likely N-dealkylation sites (N-methyl/N-ethyl adjacent to an activating group) is 1. The third-order valence-corrected chi connectivity index (χ3v) is 4.70. The molecule has 2 aliphatic rings. The second-order valence-electron chi connectivity index (χ2n) is 5.97. The summed E-state index contributed by atoms with van der Waals surface area (Å²) in [6.07, 6.45) is 8.86. The van der Waals surface area contributed by atoms with Crippen molar-refractivity contribution in [2.45, 2.75) is 57.6 Å². The van der Waals surface area contributed by atoms with E-state index >= 15 is 0 Å². The minimum absolute atomic E-state index is 0.471. The minimum atomic E-state index is 0.471. The molecule has 3 nitrogen and oxygen atoms in total. The fourth-order valence-corrected chi connectivity index (χ4v) is 3.61. The Kier molecular flexibility index (Phi) is 5.93. The van der Waals surface area contributed by atoms with Crippen molar-refractivity contribution in [3.63, 3.8) is 0 Å². The molecular formula is C15H30N2O. The molecule has 0 aromatic rings. The van der Waals surface area contributed by atoms with E-state index in [1.54, 1.807) is 0 Å².